The molecule has 1 heterocycles. The van der Waals surface area contributed by atoms with Gasteiger partial charge in [0.1, 0.15) is 6.42 Å². The summed E-state index contributed by atoms with van der Waals surface area (Å²) in [6, 6.07) is 4.53. The molecule has 1 aromatic carbocycles. The quantitative estimate of drug-likeness (QED) is 0.803. The van der Waals surface area contributed by atoms with Crippen LogP contribution in [-0.2, 0) is 9.59 Å². The number of nitrogens with zero attached hydrogens (tertiary/aromatic N) is 1. The van der Waals surface area contributed by atoms with Crippen molar-refractivity contribution in [3.8, 4) is 0 Å². The van der Waals surface area contributed by atoms with E-state index < -0.39 is 17.8 Å². The number of aryl methyl sites for hydroxylation is 1. The van der Waals surface area contributed by atoms with E-state index in [1.165, 1.54) is 0 Å². The Kier molecular flexibility index (Phi) is 2.97. The van der Waals surface area contributed by atoms with Crippen molar-refractivity contribution in [2.24, 2.45) is 0 Å². The van der Waals surface area contributed by atoms with E-state index in [4.69, 9.17) is 0 Å². The summed E-state index contributed by atoms with van der Waals surface area (Å²) >= 11 is 3.29. The van der Waals surface area contributed by atoms with Crippen molar-refractivity contribution < 1.29 is 14.4 Å². The average molecular weight is 297 g/mol. The second kappa shape index (κ2) is 4.29. The molecule has 0 spiro atoms. The first kappa shape index (κ1) is 11.8. The van der Waals surface area contributed by atoms with Crippen molar-refractivity contribution in [2.45, 2.75) is 13.3 Å². The van der Waals surface area contributed by atoms with E-state index in [1.54, 1.807) is 18.2 Å². The fourth-order valence-electron chi connectivity index (χ4n) is 1.59. The number of carbonyl (C=O) groups excluding carboxylic acids is 3. The monoisotopic (exact) mass is 296 g/mol. The first-order valence-electron chi connectivity index (χ1n) is 4.92. The van der Waals surface area contributed by atoms with E-state index in [-0.39, 0.29) is 6.42 Å². The van der Waals surface area contributed by atoms with Crippen LogP contribution in [-0.4, -0.2) is 17.8 Å². The Bertz CT molecular complexity index is 507. The standard InChI is InChI=1S/C11H9BrN2O3/c1-6-2-3-8(7(12)4-6)14-10(16)5-9(15)13-11(14)17/h2-4H,5H2,1H3,(H,13,15,17). The SMILES string of the molecule is Cc1ccc(N2C(=O)CC(=O)NC2=O)c(Br)c1. The number of carbonyl (C=O) groups is 3. The maximum Gasteiger partial charge on any atom is 0.335 e. The highest BCUT2D eigenvalue weighted by molar-refractivity contribution is 9.10. The summed E-state index contributed by atoms with van der Waals surface area (Å²) in [4.78, 5) is 35.3. The van der Waals surface area contributed by atoms with Gasteiger partial charge in [-0.05, 0) is 40.5 Å². The van der Waals surface area contributed by atoms with Crippen LogP contribution in [0.3, 0.4) is 0 Å². The summed E-state index contributed by atoms with van der Waals surface area (Å²) in [5, 5.41) is 2.11. The van der Waals surface area contributed by atoms with Gasteiger partial charge in [-0.1, -0.05) is 6.07 Å². The number of amides is 4. The van der Waals surface area contributed by atoms with E-state index in [2.05, 4.69) is 21.2 Å². The normalized spacial score (nSPS) is 16.1. The Morgan fingerprint density at radius 2 is 2.00 bits per heavy atom. The molecule has 4 amide bonds. The van der Waals surface area contributed by atoms with Gasteiger partial charge in [-0.25, -0.2) is 9.69 Å². The Hall–Kier alpha value is -1.69. The molecule has 1 saturated heterocycles. The number of hydrogen-bond acceptors (Lipinski definition) is 3. The minimum absolute atomic E-state index is 0.313. The molecule has 0 unspecified atom stereocenters. The number of nitrogens with one attached hydrogen (secondary N) is 1. The molecule has 1 N–H and O–H groups in total. The molecule has 0 bridgehead atoms. The number of imide groups is 2. The van der Waals surface area contributed by atoms with Crippen molar-refractivity contribution in [2.75, 3.05) is 4.90 Å². The van der Waals surface area contributed by atoms with Crippen LogP contribution < -0.4 is 10.2 Å². The van der Waals surface area contributed by atoms with Crippen LogP contribution in [0, 0.1) is 6.92 Å². The highest BCUT2D eigenvalue weighted by Crippen LogP contribution is 2.28. The zero-order valence-corrected chi connectivity index (χ0v) is 10.6. The molecule has 88 valence electrons. The van der Waals surface area contributed by atoms with Crippen molar-refractivity contribution in [1.82, 2.24) is 5.32 Å². The van der Waals surface area contributed by atoms with Crippen molar-refractivity contribution in [1.29, 1.82) is 0 Å². The first-order valence-corrected chi connectivity index (χ1v) is 5.71. The van der Waals surface area contributed by atoms with Crippen LogP contribution in [0.5, 0.6) is 0 Å². The average Bonchev–Trinajstić information content (AvgIpc) is 2.19. The Morgan fingerprint density at radius 1 is 1.29 bits per heavy atom. The number of anilines is 1. The summed E-state index contributed by atoms with van der Waals surface area (Å²) < 4.78 is 0.635. The number of hydrogen-bond donors (Lipinski definition) is 1. The van der Waals surface area contributed by atoms with Crippen LogP contribution in [0.2, 0.25) is 0 Å². The van der Waals surface area contributed by atoms with Crippen LogP contribution in [0.1, 0.15) is 12.0 Å². The number of benzene rings is 1. The molecule has 1 aliphatic rings. The molecule has 0 atom stereocenters. The zero-order valence-electron chi connectivity index (χ0n) is 8.99. The van der Waals surface area contributed by atoms with E-state index >= 15 is 0 Å². The maximum absolute atomic E-state index is 11.7. The number of rotatable bonds is 1. The summed E-state index contributed by atoms with van der Waals surface area (Å²) in [5.41, 5.74) is 1.44. The molecular formula is C11H9BrN2O3. The van der Waals surface area contributed by atoms with E-state index in [0.717, 1.165) is 10.5 Å². The van der Waals surface area contributed by atoms with Crippen LogP contribution in [0.25, 0.3) is 0 Å². The third-order valence-electron chi connectivity index (χ3n) is 2.35. The molecule has 1 aliphatic heterocycles. The lowest BCUT2D eigenvalue weighted by molar-refractivity contribution is -0.128. The second-order valence-electron chi connectivity index (χ2n) is 3.71. The molecule has 2 rings (SSSR count). The summed E-state index contributed by atoms with van der Waals surface area (Å²) in [6.07, 6.45) is -0.313. The van der Waals surface area contributed by atoms with Crippen molar-refractivity contribution >= 4 is 39.5 Å². The van der Waals surface area contributed by atoms with Crippen LogP contribution in [0.4, 0.5) is 10.5 Å². The largest absolute Gasteiger partial charge is 0.335 e. The summed E-state index contributed by atoms with van der Waals surface area (Å²) in [5.74, 6) is -1.09. The molecule has 0 aromatic heterocycles. The zero-order chi connectivity index (χ0) is 12.6. The smallest absolute Gasteiger partial charge is 0.277 e. The summed E-state index contributed by atoms with van der Waals surface area (Å²) in [6.45, 7) is 1.90. The highest BCUT2D eigenvalue weighted by atomic mass is 79.9. The van der Waals surface area contributed by atoms with Gasteiger partial charge in [0.15, 0.2) is 0 Å². The van der Waals surface area contributed by atoms with Gasteiger partial charge < -0.3 is 0 Å². The predicted octanol–water partition coefficient (Wildman–Crippen LogP) is 1.73. The molecule has 6 heteroatoms. The highest BCUT2D eigenvalue weighted by Gasteiger charge is 2.32. The van der Waals surface area contributed by atoms with Crippen LogP contribution >= 0.6 is 15.9 Å². The molecule has 1 aromatic rings. The lowest BCUT2D eigenvalue weighted by atomic mass is 10.2. The van der Waals surface area contributed by atoms with Gasteiger partial charge >= 0.3 is 6.03 Å². The van der Waals surface area contributed by atoms with Gasteiger partial charge in [-0.3, -0.25) is 14.9 Å². The third-order valence-corrected chi connectivity index (χ3v) is 2.99. The Labute approximate surface area is 106 Å². The van der Waals surface area contributed by atoms with E-state index in [1.807, 2.05) is 6.92 Å². The maximum atomic E-state index is 11.7. The lowest BCUT2D eigenvalue weighted by Crippen LogP contribution is -2.53. The third kappa shape index (κ3) is 2.21. The van der Waals surface area contributed by atoms with E-state index in [0.29, 0.717) is 10.2 Å². The molecule has 5 nitrogen and oxygen atoms in total. The molecule has 17 heavy (non-hydrogen) atoms. The van der Waals surface area contributed by atoms with Crippen molar-refractivity contribution in [3.63, 3.8) is 0 Å². The first-order chi connectivity index (χ1) is 7.99. The number of barbiturate groups is 1. The Balaban J connectivity index is 2.42. The summed E-state index contributed by atoms with van der Waals surface area (Å²) in [7, 11) is 0. The molecule has 0 saturated carbocycles. The van der Waals surface area contributed by atoms with Crippen LogP contribution in [0.15, 0.2) is 22.7 Å². The lowest BCUT2D eigenvalue weighted by Gasteiger charge is -2.25. The predicted molar refractivity (Wildman–Crippen MR) is 64.5 cm³/mol. The van der Waals surface area contributed by atoms with Gasteiger partial charge in [0.05, 0.1) is 5.69 Å². The fourth-order valence-corrected chi connectivity index (χ4v) is 2.26. The minimum Gasteiger partial charge on any atom is -0.277 e. The molecule has 0 aliphatic carbocycles. The second-order valence-corrected chi connectivity index (χ2v) is 4.57. The van der Waals surface area contributed by atoms with Gasteiger partial charge in [0, 0.05) is 4.47 Å². The molecule has 0 radical (unpaired) electrons. The number of halogens is 1. The van der Waals surface area contributed by atoms with E-state index in [9.17, 15) is 14.4 Å². The molecule has 1 fully saturated rings. The van der Waals surface area contributed by atoms with Gasteiger partial charge in [-0.15, -0.1) is 0 Å². The fraction of sp³-hybridized carbons (Fsp3) is 0.182. The Morgan fingerprint density at radius 3 is 2.59 bits per heavy atom. The minimum atomic E-state index is -0.712. The topological polar surface area (TPSA) is 66.5 Å². The number of urea groups is 1. The molecular weight excluding hydrogens is 288 g/mol. The van der Waals surface area contributed by atoms with Gasteiger partial charge in [0.2, 0.25) is 11.8 Å². The van der Waals surface area contributed by atoms with Crippen molar-refractivity contribution in [3.05, 3.63) is 28.2 Å². The van der Waals surface area contributed by atoms with Gasteiger partial charge in [0.25, 0.3) is 0 Å². The van der Waals surface area contributed by atoms with Gasteiger partial charge in [-0.2, -0.15) is 0 Å².